The van der Waals surface area contributed by atoms with Crippen LogP contribution < -0.4 is 0 Å². The van der Waals surface area contributed by atoms with E-state index >= 15 is 0 Å². The van der Waals surface area contributed by atoms with Crippen molar-refractivity contribution in [1.29, 1.82) is 0 Å². The van der Waals surface area contributed by atoms with Gasteiger partial charge >= 0.3 is 0 Å². The van der Waals surface area contributed by atoms with Crippen LogP contribution >= 0.6 is 23.1 Å². The molecule has 5 nitrogen and oxygen atoms in total. The molecular formula is C6H7N5S2. The van der Waals surface area contributed by atoms with Crippen LogP contribution in [0.3, 0.4) is 0 Å². The lowest BCUT2D eigenvalue weighted by Gasteiger charge is -1.89. The first kappa shape index (κ1) is 8.64. The Kier molecular flexibility index (Phi) is 2.55. The smallest absolute Gasteiger partial charge is 0.139 e. The van der Waals surface area contributed by atoms with Gasteiger partial charge in [0.15, 0.2) is 0 Å². The van der Waals surface area contributed by atoms with Crippen LogP contribution in [0.1, 0.15) is 10.0 Å². The SMILES string of the molecule is Cc1nnc(CSc2cn[nH]n2)s1. The second-order valence-electron chi connectivity index (χ2n) is 2.31. The molecule has 0 aliphatic rings. The molecule has 7 heteroatoms. The lowest BCUT2D eigenvalue weighted by Crippen LogP contribution is -1.79. The minimum atomic E-state index is 0.804. The van der Waals surface area contributed by atoms with Crippen LogP contribution in [-0.2, 0) is 5.75 Å². The van der Waals surface area contributed by atoms with Crippen LogP contribution in [0, 0.1) is 6.92 Å². The van der Waals surface area contributed by atoms with Crippen molar-refractivity contribution in [2.45, 2.75) is 17.7 Å². The van der Waals surface area contributed by atoms with Crippen LogP contribution in [0.5, 0.6) is 0 Å². The Balaban J connectivity index is 1.93. The molecule has 0 unspecified atom stereocenters. The number of thioether (sulfide) groups is 1. The standard InChI is InChI=1S/C6H7N5S2/c1-4-8-9-6(13-4)3-12-5-2-7-11-10-5/h2H,3H2,1H3,(H,7,10,11). The maximum Gasteiger partial charge on any atom is 0.139 e. The zero-order valence-electron chi connectivity index (χ0n) is 6.89. The third-order valence-electron chi connectivity index (χ3n) is 1.30. The predicted molar refractivity (Wildman–Crippen MR) is 50.6 cm³/mol. The van der Waals surface area contributed by atoms with E-state index in [1.807, 2.05) is 6.92 Å². The van der Waals surface area contributed by atoms with Gasteiger partial charge in [-0.15, -0.1) is 26.6 Å². The van der Waals surface area contributed by atoms with Crippen molar-refractivity contribution in [1.82, 2.24) is 25.6 Å². The Hall–Kier alpha value is -0.950. The van der Waals surface area contributed by atoms with Crippen molar-refractivity contribution < 1.29 is 0 Å². The Morgan fingerprint density at radius 2 is 2.46 bits per heavy atom. The highest BCUT2D eigenvalue weighted by molar-refractivity contribution is 7.98. The molecule has 2 heterocycles. The minimum Gasteiger partial charge on any atom is -0.197 e. The van der Waals surface area contributed by atoms with Crippen molar-refractivity contribution in [3.05, 3.63) is 16.2 Å². The van der Waals surface area contributed by atoms with E-state index < -0.39 is 0 Å². The summed E-state index contributed by atoms with van der Waals surface area (Å²) in [6, 6.07) is 0. The Labute approximate surface area is 83.0 Å². The van der Waals surface area contributed by atoms with Gasteiger partial charge in [0.05, 0.1) is 11.9 Å². The summed E-state index contributed by atoms with van der Waals surface area (Å²) in [5, 5.41) is 21.0. The molecular weight excluding hydrogens is 206 g/mol. The average molecular weight is 213 g/mol. The number of aryl methyl sites for hydroxylation is 1. The highest BCUT2D eigenvalue weighted by Crippen LogP contribution is 2.21. The normalized spacial score (nSPS) is 10.5. The van der Waals surface area contributed by atoms with Crippen LogP contribution in [0.25, 0.3) is 0 Å². The first-order valence-electron chi connectivity index (χ1n) is 3.62. The van der Waals surface area contributed by atoms with Crippen LogP contribution in [0.4, 0.5) is 0 Å². The number of rotatable bonds is 3. The summed E-state index contributed by atoms with van der Waals surface area (Å²) in [6.07, 6.45) is 1.69. The van der Waals surface area contributed by atoms with E-state index in [0.717, 1.165) is 20.8 Å². The van der Waals surface area contributed by atoms with Crippen molar-refractivity contribution >= 4 is 23.1 Å². The zero-order chi connectivity index (χ0) is 9.10. The molecule has 0 aromatic carbocycles. The van der Waals surface area contributed by atoms with Crippen LogP contribution in [0.15, 0.2) is 11.2 Å². The van der Waals surface area contributed by atoms with Gasteiger partial charge in [-0.05, 0) is 6.92 Å². The molecule has 1 N–H and O–H groups in total. The number of nitrogens with one attached hydrogen (secondary N) is 1. The summed E-state index contributed by atoms with van der Waals surface area (Å²) in [4.78, 5) is 0. The topological polar surface area (TPSA) is 67.3 Å². The third kappa shape index (κ3) is 2.25. The number of aromatic amines is 1. The molecule has 0 atom stereocenters. The van der Waals surface area contributed by atoms with Crippen molar-refractivity contribution in [2.75, 3.05) is 0 Å². The van der Waals surface area contributed by atoms with E-state index in [-0.39, 0.29) is 0 Å². The number of hydrogen-bond donors (Lipinski definition) is 1. The van der Waals surface area contributed by atoms with Gasteiger partial charge in [-0.25, -0.2) is 0 Å². The number of H-pyrrole nitrogens is 1. The van der Waals surface area contributed by atoms with Crippen molar-refractivity contribution in [3.63, 3.8) is 0 Å². The molecule has 68 valence electrons. The summed E-state index contributed by atoms with van der Waals surface area (Å²) >= 11 is 3.20. The van der Waals surface area contributed by atoms with Gasteiger partial charge in [0.2, 0.25) is 0 Å². The largest absolute Gasteiger partial charge is 0.197 e. The van der Waals surface area contributed by atoms with Crippen molar-refractivity contribution in [3.8, 4) is 0 Å². The molecule has 0 spiro atoms. The summed E-state index contributed by atoms with van der Waals surface area (Å²) in [7, 11) is 0. The lowest BCUT2D eigenvalue weighted by atomic mass is 10.8. The molecule has 0 saturated carbocycles. The fourth-order valence-electron chi connectivity index (χ4n) is 0.792. The van der Waals surface area contributed by atoms with Crippen molar-refractivity contribution in [2.24, 2.45) is 0 Å². The van der Waals surface area contributed by atoms with Gasteiger partial charge in [0.25, 0.3) is 0 Å². The van der Waals surface area contributed by atoms with E-state index in [9.17, 15) is 0 Å². The zero-order valence-corrected chi connectivity index (χ0v) is 8.52. The third-order valence-corrected chi connectivity index (χ3v) is 3.24. The molecule has 0 saturated heterocycles. The first-order valence-corrected chi connectivity index (χ1v) is 5.42. The monoisotopic (exact) mass is 213 g/mol. The molecule has 2 aromatic rings. The summed E-state index contributed by atoms with van der Waals surface area (Å²) < 4.78 is 0. The number of hydrogen-bond acceptors (Lipinski definition) is 6. The molecule has 0 aliphatic heterocycles. The molecule has 2 rings (SSSR count). The van der Waals surface area contributed by atoms with Gasteiger partial charge in [0, 0.05) is 0 Å². The first-order chi connectivity index (χ1) is 6.34. The van der Waals surface area contributed by atoms with Gasteiger partial charge in [-0.2, -0.15) is 10.3 Å². The summed E-state index contributed by atoms with van der Waals surface area (Å²) in [6.45, 7) is 1.95. The second-order valence-corrected chi connectivity index (χ2v) is 4.57. The van der Waals surface area contributed by atoms with Gasteiger partial charge < -0.3 is 0 Å². The summed E-state index contributed by atoms with van der Waals surface area (Å²) in [5.74, 6) is 0.804. The molecule has 2 aromatic heterocycles. The van der Waals surface area contributed by atoms with Crippen LogP contribution in [0.2, 0.25) is 0 Å². The highest BCUT2D eigenvalue weighted by atomic mass is 32.2. The Bertz CT molecular complexity index is 368. The van der Waals surface area contributed by atoms with Gasteiger partial charge in [-0.1, -0.05) is 11.8 Å². The predicted octanol–water partition coefficient (Wildman–Crippen LogP) is 1.26. The molecule has 0 fully saturated rings. The van der Waals surface area contributed by atoms with E-state index in [2.05, 4.69) is 25.6 Å². The Morgan fingerprint density at radius 1 is 1.54 bits per heavy atom. The maximum atomic E-state index is 4.00. The van der Waals surface area contributed by atoms with E-state index in [4.69, 9.17) is 0 Å². The fraction of sp³-hybridized carbons (Fsp3) is 0.333. The van der Waals surface area contributed by atoms with Crippen LogP contribution in [-0.4, -0.2) is 25.6 Å². The fourth-order valence-corrected chi connectivity index (χ4v) is 2.27. The molecule has 13 heavy (non-hydrogen) atoms. The molecule has 0 bridgehead atoms. The summed E-state index contributed by atoms with van der Waals surface area (Å²) in [5.41, 5.74) is 0. The van der Waals surface area contributed by atoms with E-state index in [1.165, 1.54) is 0 Å². The molecule has 0 aliphatic carbocycles. The lowest BCUT2D eigenvalue weighted by molar-refractivity contribution is 0.910. The molecule has 0 amide bonds. The minimum absolute atomic E-state index is 0.804. The van der Waals surface area contributed by atoms with Gasteiger partial charge in [-0.3, -0.25) is 0 Å². The number of nitrogens with zero attached hydrogens (tertiary/aromatic N) is 4. The Morgan fingerprint density at radius 3 is 3.08 bits per heavy atom. The number of aromatic nitrogens is 5. The van der Waals surface area contributed by atoms with E-state index in [1.54, 1.807) is 29.3 Å². The highest BCUT2D eigenvalue weighted by Gasteiger charge is 2.02. The van der Waals surface area contributed by atoms with Gasteiger partial charge in [0.1, 0.15) is 15.0 Å². The molecule has 0 radical (unpaired) electrons. The quantitative estimate of drug-likeness (QED) is 0.777. The van der Waals surface area contributed by atoms with E-state index in [0.29, 0.717) is 0 Å². The second kappa shape index (κ2) is 3.84. The average Bonchev–Trinajstić information content (AvgIpc) is 2.71. The maximum absolute atomic E-state index is 4.00.